The molecule has 1 aromatic carbocycles. The third-order valence-corrected chi connectivity index (χ3v) is 3.34. The Hall–Kier alpha value is -2.60. The molecule has 0 spiro atoms. The Balaban J connectivity index is 2.06. The fraction of sp³-hybridized carbons (Fsp3) is 0.125. The molecule has 0 atom stereocenters. The average molecular weight is 247 g/mol. The molecule has 0 aliphatic heterocycles. The summed E-state index contributed by atoms with van der Waals surface area (Å²) in [5.74, 6) is 0. The number of nitrogens with zero attached hydrogens (tertiary/aromatic N) is 3. The van der Waals surface area contributed by atoms with E-state index in [9.17, 15) is 0 Å². The normalized spacial score (nSPS) is 10.5. The predicted octanol–water partition coefficient (Wildman–Crippen LogP) is 3.26. The highest BCUT2D eigenvalue weighted by molar-refractivity contribution is 5.81. The van der Waals surface area contributed by atoms with Crippen LogP contribution in [0.4, 0.5) is 0 Å². The number of pyridine rings is 1. The van der Waals surface area contributed by atoms with Crippen LogP contribution in [0.5, 0.6) is 0 Å². The number of aromatic nitrogens is 2. The molecule has 0 amide bonds. The van der Waals surface area contributed by atoms with Crippen molar-refractivity contribution < 1.29 is 0 Å². The quantitative estimate of drug-likeness (QED) is 0.697. The zero-order valence-corrected chi connectivity index (χ0v) is 10.7. The van der Waals surface area contributed by atoms with E-state index in [0.717, 1.165) is 23.1 Å². The van der Waals surface area contributed by atoms with E-state index in [2.05, 4.69) is 34.7 Å². The number of aryl methyl sites for hydroxylation is 1. The van der Waals surface area contributed by atoms with Gasteiger partial charge in [-0.05, 0) is 42.1 Å². The summed E-state index contributed by atoms with van der Waals surface area (Å²) in [6.07, 6.45) is 3.86. The first-order chi connectivity index (χ1) is 9.28. The van der Waals surface area contributed by atoms with Gasteiger partial charge in [-0.3, -0.25) is 4.98 Å². The van der Waals surface area contributed by atoms with Gasteiger partial charge in [0.1, 0.15) is 0 Å². The largest absolute Gasteiger partial charge is 0.341 e. The molecule has 3 nitrogen and oxygen atoms in total. The molecule has 0 unspecified atom stereocenters. The molecular formula is C16H13N3. The maximum absolute atomic E-state index is 8.99. The molecule has 3 rings (SSSR count). The molecule has 2 heterocycles. The number of hydrogen-bond donors (Lipinski definition) is 0. The van der Waals surface area contributed by atoms with Crippen LogP contribution in [-0.4, -0.2) is 9.55 Å². The first-order valence-electron chi connectivity index (χ1n) is 6.17. The first kappa shape index (κ1) is 11.5. The van der Waals surface area contributed by atoms with E-state index in [1.807, 2.05) is 36.7 Å². The van der Waals surface area contributed by atoms with Crippen molar-refractivity contribution in [2.24, 2.45) is 0 Å². The summed E-state index contributed by atoms with van der Waals surface area (Å²) in [6.45, 7) is 2.79. The Morgan fingerprint density at radius 1 is 1.26 bits per heavy atom. The van der Waals surface area contributed by atoms with Crippen LogP contribution in [0, 0.1) is 18.3 Å². The molecule has 2 aromatic heterocycles. The molecule has 0 aliphatic rings. The fourth-order valence-corrected chi connectivity index (χ4v) is 2.24. The van der Waals surface area contributed by atoms with E-state index in [4.69, 9.17) is 5.26 Å². The van der Waals surface area contributed by atoms with Crippen LogP contribution < -0.4 is 0 Å². The second-order valence-corrected chi connectivity index (χ2v) is 4.60. The van der Waals surface area contributed by atoms with E-state index >= 15 is 0 Å². The SMILES string of the molecule is Cc1cccnc1Cn1ccc2ccc(C#N)cc21. The molecule has 92 valence electrons. The van der Waals surface area contributed by atoms with Gasteiger partial charge in [-0.1, -0.05) is 12.1 Å². The molecule has 3 aromatic rings. The van der Waals surface area contributed by atoms with Crippen LogP contribution >= 0.6 is 0 Å². The van der Waals surface area contributed by atoms with Crippen LogP contribution in [0.15, 0.2) is 48.8 Å². The minimum atomic E-state index is 0.685. The van der Waals surface area contributed by atoms with Crippen LogP contribution in [0.25, 0.3) is 10.9 Å². The summed E-state index contributed by atoms with van der Waals surface area (Å²) in [4.78, 5) is 4.42. The summed E-state index contributed by atoms with van der Waals surface area (Å²) in [6, 6.07) is 14.0. The highest BCUT2D eigenvalue weighted by Crippen LogP contribution is 2.19. The zero-order chi connectivity index (χ0) is 13.2. The topological polar surface area (TPSA) is 41.6 Å². The lowest BCUT2D eigenvalue weighted by molar-refractivity contribution is 0.799. The Kier molecular flexibility index (Phi) is 2.77. The average Bonchev–Trinajstić information content (AvgIpc) is 2.84. The van der Waals surface area contributed by atoms with Gasteiger partial charge in [0.05, 0.1) is 23.9 Å². The van der Waals surface area contributed by atoms with Gasteiger partial charge in [-0.25, -0.2) is 0 Å². The van der Waals surface area contributed by atoms with Gasteiger partial charge in [0.25, 0.3) is 0 Å². The van der Waals surface area contributed by atoms with Crippen LogP contribution in [0.1, 0.15) is 16.8 Å². The summed E-state index contributed by atoms with van der Waals surface area (Å²) >= 11 is 0. The van der Waals surface area contributed by atoms with Crippen molar-refractivity contribution in [3.05, 3.63) is 65.6 Å². The van der Waals surface area contributed by atoms with Gasteiger partial charge < -0.3 is 4.57 Å². The Morgan fingerprint density at radius 3 is 2.95 bits per heavy atom. The Labute approximate surface area is 111 Å². The van der Waals surface area contributed by atoms with E-state index in [1.54, 1.807) is 0 Å². The number of rotatable bonds is 2. The summed E-state index contributed by atoms with van der Waals surface area (Å²) in [7, 11) is 0. The molecule has 0 N–H and O–H groups in total. The van der Waals surface area contributed by atoms with Crippen LogP contribution in [0.2, 0.25) is 0 Å². The molecule has 3 heteroatoms. The fourth-order valence-electron chi connectivity index (χ4n) is 2.24. The van der Waals surface area contributed by atoms with E-state index in [0.29, 0.717) is 5.56 Å². The second-order valence-electron chi connectivity index (χ2n) is 4.60. The molecule has 0 radical (unpaired) electrons. The van der Waals surface area contributed by atoms with Gasteiger partial charge in [0.15, 0.2) is 0 Å². The summed E-state index contributed by atoms with van der Waals surface area (Å²) in [5.41, 5.74) is 4.00. The Bertz CT molecular complexity index is 778. The maximum Gasteiger partial charge on any atom is 0.0992 e. The van der Waals surface area contributed by atoms with Gasteiger partial charge in [-0.15, -0.1) is 0 Å². The molecular weight excluding hydrogens is 234 g/mol. The highest BCUT2D eigenvalue weighted by atomic mass is 15.0. The maximum atomic E-state index is 8.99. The van der Waals surface area contributed by atoms with E-state index in [-0.39, 0.29) is 0 Å². The monoisotopic (exact) mass is 247 g/mol. The third-order valence-electron chi connectivity index (χ3n) is 3.34. The molecule has 0 fully saturated rings. The summed E-state index contributed by atoms with van der Waals surface area (Å²) < 4.78 is 2.13. The van der Waals surface area contributed by atoms with Crippen molar-refractivity contribution in [2.45, 2.75) is 13.5 Å². The number of nitriles is 1. The van der Waals surface area contributed by atoms with Gasteiger partial charge in [0.2, 0.25) is 0 Å². The van der Waals surface area contributed by atoms with Crippen molar-refractivity contribution in [3.63, 3.8) is 0 Å². The molecule has 0 saturated heterocycles. The molecule has 0 saturated carbocycles. The number of benzene rings is 1. The minimum absolute atomic E-state index is 0.685. The van der Waals surface area contributed by atoms with Crippen LogP contribution in [-0.2, 0) is 6.54 Å². The lowest BCUT2D eigenvalue weighted by Crippen LogP contribution is -2.02. The van der Waals surface area contributed by atoms with Crippen molar-refractivity contribution in [2.75, 3.05) is 0 Å². The summed E-state index contributed by atoms with van der Waals surface area (Å²) in [5, 5.41) is 10.1. The van der Waals surface area contributed by atoms with Gasteiger partial charge in [-0.2, -0.15) is 5.26 Å². The van der Waals surface area contributed by atoms with Crippen LogP contribution in [0.3, 0.4) is 0 Å². The molecule has 0 aliphatic carbocycles. The van der Waals surface area contributed by atoms with Gasteiger partial charge >= 0.3 is 0 Å². The smallest absolute Gasteiger partial charge is 0.0992 e. The van der Waals surface area contributed by atoms with Crippen molar-refractivity contribution in [3.8, 4) is 6.07 Å². The first-order valence-corrected chi connectivity index (χ1v) is 6.17. The third kappa shape index (κ3) is 2.09. The predicted molar refractivity (Wildman–Crippen MR) is 74.7 cm³/mol. The lowest BCUT2D eigenvalue weighted by Gasteiger charge is -2.07. The number of fused-ring (bicyclic) bond motifs is 1. The van der Waals surface area contributed by atoms with E-state index < -0.39 is 0 Å². The zero-order valence-electron chi connectivity index (χ0n) is 10.7. The standard InChI is InChI=1S/C16H13N3/c1-12-3-2-7-18-15(12)11-19-8-6-14-5-4-13(10-17)9-16(14)19/h2-9H,11H2,1H3. The lowest BCUT2D eigenvalue weighted by atomic mass is 10.2. The molecule has 0 bridgehead atoms. The Morgan fingerprint density at radius 2 is 2.16 bits per heavy atom. The number of hydrogen-bond acceptors (Lipinski definition) is 2. The highest BCUT2D eigenvalue weighted by Gasteiger charge is 2.05. The molecule has 19 heavy (non-hydrogen) atoms. The van der Waals surface area contributed by atoms with Crippen molar-refractivity contribution in [1.82, 2.24) is 9.55 Å². The van der Waals surface area contributed by atoms with Gasteiger partial charge in [0, 0.05) is 17.9 Å². The minimum Gasteiger partial charge on any atom is -0.341 e. The second kappa shape index (κ2) is 4.58. The van der Waals surface area contributed by atoms with Crippen molar-refractivity contribution >= 4 is 10.9 Å². The van der Waals surface area contributed by atoms with E-state index in [1.165, 1.54) is 5.56 Å². The van der Waals surface area contributed by atoms with Crippen molar-refractivity contribution in [1.29, 1.82) is 5.26 Å².